The van der Waals surface area contributed by atoms with Crippen LogP contribution in [-0.4, -0.2) is 43.1 Å². The van der Waals surface area contributed by atoms with Gasteiger partial charge >= 0.3 is 0 Å². The average Bonchev–Trinajstić information content (AvgIpc) is 2.28. The Morgan fingerprint density at radius 2 is 2.00 bits per heavy atom. The second-order valence-electron chi connectivity index (χ2n) is 4.05. The minimum Gasteiger partial charge on any atom is -0.378 e. The summed E-state index contributed by atoms with van der Waals surface area (Å²) in [7, 11) is 3.84. The van der Waals surface area contributed by atoms with Gasteiger partial charge in [-0.2, -0.15) is 0 Å². The van der Waals surface area contributed by atoms with Gasteiger partial charge in [0.05, 0.1) is 0 Å². The number of hydrogen-bond donors (Lipinski definition) is 2. The van der Waals surface area contributed by atoms with Crippen LogP contribution < -0.4 is 5.32 Å². The van der Waals surface area contributed by atoms with Crippen molar-refractivity contribution in [3.05, 3.63) is 34.9 Å². The highest BCUT2D eigenvalue weighted by atomic mass is 35.5. The van der Waals surface area contributed by atoms with Crippen LogP contribution in [0.25, 0.3) is 0 Å². The van der Waals surface area contributed by atoms with E-state index in [1.165, 1.54) is 0 Å². The molecule has 0 aliphatic heterocycles. The molecule has 1 aromatic rings. The molecule has 0 spiro atoms. The molecule has 1 aromatic carbocycles. The molecular formula is C12H17ClN2O2. The molecule has 1 amide bonds. The molecule has 0 aromatic heterocycles. The zero-order valence-electron chi connectivity index (χ0n) is 9.98. The zero-order chi connectivity index (χ0) is 12.8. The number of nitrogens with zero attached hydrogens (tertiary/aromatic N) is 1. The van der Waals surface area contributed by atoms with Crippen molar-refractivity contribution in [3.63, 3.8) is 0 Å². The summed E-state index contributed by atoms with van der Waals surface area (Å²) in [6, 6.07) is 6.57. The predicted octanol–water partition coefficient (Wildman–Crippen LogP) is 1.05. The quantitative estimate of drug-likeness (QED) is 0.828. The van der Waals surface area contributed by atoms with Crippen molar-refractivity contribution in [1.29, 1.82) is 0 Å². The van der Waals surface area contributed by atoms with Crippen molar-refractivity contribution in [2.45, 2.75) is 6.10 Å². The van der Waals surface area contributed by atoms with Crippen LogP contribution in [0.5, 0.6) is 0 Å². The van der Waals surface area contributed by atoms with E-state index < -0.39 is 12.0 Å². The number of carbonyl (C=O) groups excluding carboxylic acids is 1. The molecule has 0 aliphatic carbocycles. The van der Waals surface area contributed by atoms with Gasteiger partial charge in [0.2, 0.25) is 0 Å². The van der Waals surface area contributed by atoms with Crippen LogP contribution in [0, 0.1) is 0 Å². The van der Waals surface area contributed by atoms with Gasteiger partial charge in [-0.05, 0) is 31.8 Å². The molecule has 0 heterocycles. The SMILES string of the molecule is CN(C)CCNC(=O)C(O)c1ccc(Cl)cc1. The summed E-state index contributed by atoms with van der Waals surface area (Å²) >= 11 is 5.73. The van der Waals surface area contributed by atoms with Crippen LogP contribution in [0.3, 0.4) is 0 Å². The summed E-state index contributed by atoms with van der Waals surface area (Å²) in [5.41, 5.74) is 0.539. The van der Waals surface area contributed by atoms with Gasteiger partial charge in [0.1, 0.15) is 0 Å². The van der Waals surface area contributed by atoms with Crippen LogP contribution >= 0.6 is 11.6 Å². The standard InChI is InChI=1S/C12H17ClN2O2/c1-15(2)8-7-14-12(17)11(16)9-3-5-10(13)6-4-9/h3-6,11,16H,7-8H2,1-2H3,(H,14,17). The number of aliphatic hydroxyl groups excluding tert-OH is 1. The number of halogens is 1. The lowest BCUT2D eigenvalue weighted by atomic mass is 10.1. The first-order chi connectivity index (χ1) is 8.00. The van der Waals surface area contributed by atoms with E-state index in [9.17, 15) is 9.90 Å². The maximum absolute atomic E-state index is 11.6. The van der Waals surface area contributed by atoms with E-state index in [0.29, 0.717) is 17.1 Å². The molecule has 0 aliphatic rings. The molecule has 1 atom stereocenters. The van der Waals surface area contributed by atoms with Crippen LogP contribution in [0.1, 0.15) is 11.7 Å². The predicted molar refractivity (Wildman–Crippen MR) is 68.0 cm³/mol. The number of likely N-dealkylation sites (N-methyl/N-ethyl adjacent to an activating group) is 1. The lowest BCUT2D eigenvalue weighted by Gasteiger charge is -2.14. The monoisotopic (exact) mass is 256 g/mol. The largest absolute Gasteiger partial charge is 0.378 e. The summed E-state index contributed by atoms with van der Waals surface area (Å²) < 4.78 is 0. The second-order valence-corrected chi connectivity index (χ2v) is 4.48. The Bertz CT molecular complexity index is 365. The van der Waals surface area contributed by atoms with Crippen molar-refractivity contribution < 1.29 is 9.90 Å². The highest BCUT2D eigenvalue weighted by Crippen LogP contribution is 2.16. The third-order valence-electron chi connectivity index (χ3n) is 2.29. The Kier molecular flexibility index (Phi) is 5.41. The average molecular weight is 257 g/mol. The summed E-state index contributed by atoms with van der Waals surface area (Å²) in [6.07, 6.45) is -1.14. The third-order valence-corrected chi connectivity index (χ3v) is 2.54. The minimum atomic E-state index is -1.14. The van der Waals surface area contributed by atoms with E-state index in [-0.39, 0.29) is 0 Å². The van der Waals surface area contributed by atoms with Crippen LogP contribution in [0.4, 0.5) is 0 Å². The summed E-state index contributed by atoms with van der Waals surface area (Å²) in [5, 5.41) is 13.0. The Morgan fingerprint density at radius 1 is 1.41 bits per heavy atom. The van der Waals surface area contributed by atoms with E-state index in [1.54, 1.807) is 24.3 Å². The maximum Gasteiger partial charge on any atom is 0.253 e. The minimum absolute atomic E-state index is 0.394. The molecule has 1 rings (SSSR count). The fourth-order valence-electron chi connectivity index (χ4n) is 1.30. The first-order valence-electron chi connectivity index (χ1n) is 5.36. The maximum atomic E-state index is 11.6. The summed E-state index contributed by atoms with van der Waals surface area (Å²) in [5.74, 6) is -0.394. The molecule has 0 saturated carbocycles. The molecule has 4 nitrogen and oxygen atoms in total. The highest BCUT2D eigenvalue weighted by Gasteiger charge is 2.16. The lowest BCUT2D eigenvalue weighted by molar-refractivity contribution is -0.129. The lowest BCUT2D eigenvalue weighted by Crippen LogP contribution is -2.34. The number of carbonyl (C=O) groups is 1. The van der Waals surface area contributed by atoms with Crippen molar-refractivity contribution in [2.75, 3.05) is 27.2 Å². The van der Waals surface area contributed by atoms with E-state index in [1.807, 2.05) is 19.0 Å². The van der Waals surface area contributed by atoms with Gasteiger partial charge in [-0.15, -0.1) is 0 Å². The molecule has 17 heavy (non-hydrogen) atoms. The number of rotatable bonds is 5. The van der Waals surface area contributed by atoms with Crippen LogP contribution in [0.15, 0.2) is 24.3 Å². The van der Waals surface area contributed by atoms with Gasteiger partial charge < -0.3 is 15.3 Å². The van der Waals surface area contributed by atoms with Gasteiger partial charge in [-0.25, -0.2) is 0 Å². The fourth-order valence-corrected chi connectivity index (χ4v) is 1.42. The molecule has 0 radical (unpaired) electrons. The number of amides is 1. The van der Waals surface area contributed by atoms with Gasteiger partial charge in [-0.3, -0.25) is 4.79 Å². The molecule has 5 heteroatoms. The first-order valence-corrected chi connectivity index (χ1v) is 5.74. The summed E-state index contributed by atoms with van der Waals surface area (Å²) in [6.45, 7) is 1.25. The fraction of sp³-hybridized carbons (Fsp3) is 0.417. The Hall–Kier alpha value is -1.10. The second kappa shape index (κ2) is 6.59. The molecule has 0 bridgehead atoms. The molecule has 94 valence electrons. The van der Waals surface area contributed by atoms with E-state index >= 15 is 0 Å². The summed E-state index contributed by atoms with van der Waals surface area (Å²) in [4.78, 5) is 13.6. The molecule has 0 saturated heterocycles. The van der Waals surface area contributed by atoms with Gasteiger partial charge in [-0.1, -0.05) is 23.7 Å². The van der Waals surface area contributed by atoms with Crippen molar-refractivity contribution in [3.8, 4) is 0 Å². The topological polar surface area (TPSA) is 52.6 Å². The van der Waals surface area contributed by atoms with Crippen LogP contribution in [-0.2, 0) is 4.79 Å². The van der Waals surface area contributed by atoms with Gasteiger partial charge in [0.15, 0.2) is 6.10 Å². The number of aliphatic hydroxyl groups is 1. The van der Waals surface area contributed by atoms with Crippen molar-refractivity contribution in [2.24, 2.45) is 0 Å². The zero-order valence-corrected chi connectivity index (χ0v) is 10.7. The van der Waals surface area contributed by atoms with E-state index in [0.717, 1.165) is 6.54 Å². The molecular weight excluding hydrogens is 240 g/mol. The van der Waals surface area contributed by atoms with Crippen molar-refractivity contribution in [1.82, 2.24) is 10.2 Å². The van der Waals surface area contributed by atoms with Gasteiger partial charge in [0.25, 0.3) is 5.91 Å². The Morgan fingerprint density at radius 3 is 2.53 bits per heavy atom. The molecule has 0 fully saturated rings. The Balaban J connectivity index is 2.49. The van der Waals surface area contributed by atoms with E-state index in [2.05, 4.69) is 5.32 Å². The number of hydrogen-bond acceptors (Lipinski definition) is 3. The smallest absolute Gasteiger partial charge is 0.253 e. The van der Waals surface area contributed by atoms with Crippen molar-refractivity contribution >= 4 is 17.5 Å². The number of benzene rings is 1. The van der Waals surface area contributed by atoms with Crippen LogP contribution in [0.2, 0.25) is 5.02 Å². The number of nitrogens with one attached hydrogen (secondary N) is 1. The first kappa shape index (κ1) is 14.0. The van der Waals surface area contributed by atoms with Gasteiger partial charge in [0, 0.05) is 18.1 Å². The Labute approximate surface area is 106 Å². The normalized spacial score (nSPS) is 12.5. The third kappa shape index (κ3) is 4.73. The highest BCUT2D eigenvalue weighted by molar-refractivity contribution is 6.30. The molecule has 2 N–H and O–H groups in total. The molecule has 1 unspecified atom stereocenters. The van der Waals surface area contributed by atoms with E-state index in [4.69, 9.17) is 11.6 Å².